The third kappa shape index (κ3) is 3.87. The lowest BCUT2D eigenvalue weighted by molar-refractivity contribution is 0.241. The minimum absolute atomic E-state index is 0.177. The molecule has 1 N–H and O–H groups in total. The van der Waals surface area contributed by atoms with E-state index < -0.39 is 6.03 Å². The quantitative estimate of drug-likeness (QED) is 0.861. The van der Waals surface area contributed by atoms with Crippen molar-refractivity contribution in [3.63, 3.8) is 0 Å². The highest BCUT2D eigenvalue weighted by Crippen LogP contribution is 2.16. The molecule has 0 saturated heterocycles. The van der Waals surface area contributed by atoms with E-state index in [1.165, 1.54) is 0 Å². The molecule has 2 rings (SSSR count). The number of aryl methyl sites for hydroxylation is 2. The fraction of sp³-hybridized carbons (Fsp3) is 0.222. The number of carbonyl (C=O) groups is 1. The van der Waals surface area contributed by atoms with Crippen LogP contribution >= 0.6 is 11.5 Å². The third-order valence-electron chi connectivity index (χ3n) is 3.49. The topological polar surface area (TPSA) is 51.1 Å². The molecule has 0 unspecified atom stereocenters. The van der Waals surface area contributed by atoms with E-state index in [1.54, 1.807) is 18.2 Å². The molecule has 1 aromatic carbocycles. The van der Waals surface area contributed by atoms with Crippen molar-refractivity contribution in [2.75, 3.05) is 0 Å². The van der Waals surface area contributed by atoms with Gasteiger partial charge in [-0.15, -0.1) is 0 Å². The number of rotatable bonds is 4. The Morgan fingerprint density at radius 1 is 1.39 bits per heavy atom. The Hall–Kier alpha value is -2.40. The van der Waals surface area contributed by atoms with E-state index in [-0.39, 0.29) is 11.6 Å². The van der Waals surface area contributed by atoms with Gasteiger partial charge in [0.25, 0.3) is 5.56 Å². The molecule has 0 spiro atoms. The predicted molar refractivity (Wildman–Crippen MR) is 96.1 cm³/mol. The Labute approximate surface area is 139 Å². The van der Waals surface area contributed by atoms with Crippen LogP contribution < -0.4 is 10.9 Å². The molecule has 1 amide bonds. The lowest BCUT2D eigenvalue weighted by Gasteiger charge is -2.14. The molecule has 1 atom stereocenters. The molecule has 2 aromatic rings. The Morgan fingerprint density at radius 3 is 2.78 bits per heavy atom. The van der Waals surface area contributed by atoms with E-state index in [9.17, 15) is 9.59 Å². The van der Waals surface area contributed by atoms with E-state index in [0.29, 0.717) is 5.56 Å². The van der Waals surface area contributed by atoms with Crippen molar-refractivity contribution in [2.45, 2.75) is 26.8 Å². The molecule has 0 aliphatic carbocycles. The zero-order valence-corrected chi connectivity index (χ0v) is 14.3. The molecular weight excluding hydrogens is 308 g/mol. The second-order valence-corrected chi connectivity index (χ2v) is 6.50. The van der Waals surface area contributed by atoms with E-state index in [2.05, 4.69) is 11.9 Å². The predicted octanol–water partition coefficient (Wildman–Crippen LogP) is 4.04. The average molecular weight is 328 g/mol. The smallest absolute Gasteiger partial charge is 0.330 e. The number of hydrogen-bond acceptors (Lipinski definition) is 3. The van der Waals surface area contributed by atoms with Gasteiger partial charge in [-0.2, -0.15) is 3.96 Å². The number of allylic oxidation sites excluding steroid dienone is 2. The molecule has 120 valence electrons. The number of amides is 1. The normalized spacial score (nSPS) is 12.3. The zero-order valence-electron chi connectivity index (χ0n) is 13.5. The molecule has 0 radical (unpaired) electrons. The molecule has 0 saturated carbocycles. The van der Waals surface area contributed by atoms with E-state index in [0.717, 1.165) is 31.5 Å². The second kappa shape index (κ2) is 7.24. The molecular formula is C18H20N2O2S. The summed E-state index contributed by atoms with van der Waals surface area (Å²) >= 11 is 1.15. The fourth-order valence-electron chi connectivity index (χ4n) is 2.24. The summed E-state index contributed by atoms with van der Waals surface area (Å²) in [6.07, 6.45) is 4.96. The van der Waals surface area contributed by atoms with Crippen LogP contribution in [-0.2, 0) is 0 Å². The van der Waals surface area contributed by atoms with Gasteiger partial charge in [-0.3, -0.25) is 4.79 Å². The van der Waals surface area contributed by atoms with Crippen molar-refractivity contribution in [2.24, 2.45) is 0 Å². The first-order valence-electron chi connectivity index (χ1n) is 7.33. The van der Waals surface area contributed by atoms with Crippen LogP contribution in [0.4, 0.5) is 4.79 Å². The standard InChI is InChI=1S/C18H20N2O2S/c1-5-6-10-16-14(4)23-20(17(16)21)18(22)19-13(3)15-9-7-8-12(2)11-15/h5-11,13H,1H2,2-4H3,(H,19,22)/b10-6-/t13-/m1/s1. The molecule has 23 heavy (non-hydrogen) atoms. The van der Waals surface area contributed by atoms with E-state index >= 15 is 0 Å². The van der Waals surface area contributed by atoms with Crippen molar-refractivity contribution in [1.82, 2.24) is 9.27 Å². The van der Waals surface area contributed by atoms with Gasteiger partial charge in [-0.1, -0.05) is 60.1 Å². The highest BCUT2D eigenvalue weighted by Gasteiger charge is 2.17. The van der Waals surface area contributed by atoms with Crippen LogP contribution in [0.15, 0.2) is 47.8 Å². The van der Waals surface area contributed by atoms with Gasteiger partial charge < -0.3 is 5.32 Å². The largest absolute Gasteiger partial charge is 0.338 e. The number of hydrogen-bond donors (Lipinski definition) is 1. The molecule has 4 nitrogen and oxygen atoms in total. The molecule has 5 heteroatoms. The molecule has 0 aliphatic heterocycles. The average Bonchev–Trinajstić information content (AvgIpc) is 2.80. The van der Waals surface area contributed by atoms with Crippen LogP contribution in [-0.4, -0.2) is 9.99 Å². The number of nitrogens with zero attached hydrogens (tertiary/aromatic N) is 1. The Kier molecular flexibility index (Phi) is 5.34. The van der Waals surface area contributed by atoms with Crippen molar-refractivity contribution in [1.29, 1.82) is 0 Å². The monoisotopic (exact) mass is 328 g/mol. The maximum Gasteiger partial charge on any atom is 0.338 e. The first-order chi connectivity index (χ1) is 10.9. The summed E-state index contributed by atoms with van der Waals surface area (Å²) in [5.74, 6) is 0. The van der Waals surface area contributed by atoms with Gasteiger partial charge in [0.05, 0.1) is 11.6 Å². The van der Waals surface area contributed by atoms with Crippen molar-refractivity contribution in [3.05, 3.63) is 74.9 Å². The Balaban J connectivity index is 2.23. The molecule has 0 fully saturated rings. The minimum atomic E-state index is -0.407. The summed E-state index contributed by atoms with van der Waals surface area (Å²) in [4.78, 5) is 25.5. The third-order valence-corrected chi connectivity index (χ3v) is 4.50. The first kappa shape index (κ1) is 17.0. The maximum atomic E-state index is 12.4. The van der Waals surface area contributed by atoms with Gasteiger partial charge in [0.15, 0.2) is 0 Å². The van der Waals surface area contributed by atoms with Gasteiger partial charge in [0.1, 0.15) is 0 Å². The van der Waals surface area contributed by atoms with Crippen molar-refractivity contribution < 1.29 is 4.79 Å². The Bertz CT molecular complexity index is 815. The summed E-state index contributed by atoms with van der Waals surface area (Å²) in [6, 6.07) is 7.35. The van der Waals surface area contributed by atoms with Gasteiger partial charge in [0, 0.05) is 4.88 Å². The number of carbonyl (C=O) groups excluding carboxylic acids is 1. The summed E-state index contributed by atoms with van der Waals surface area (Å²) in [5, 5.41) is 2.87. The summed E-state index contributed by atoms with van der Waals surface area (Å²) in [5.41, 5.74) is 2.35. The summed E-state index contributed by atoms with van der Waals surface area (Å²) in [6.45, 7) is 9.31. The van der Waals surface area contributed by atoms with Crippen molar-refractivity contribution in [3.8, 4) is 0 Å². The highest BCUT2D eigenvalue weighted by molar-refractivity contribution is 7.07. The van der Waals surface area contributed by atoms with Gasteiger partial charge in [0.2, 0.25) is 0 Å². The second-order valence-electron chi connectivity index (χ2n) is 5.34. The summed E-state index contributed by atoms with van der Waals surface area (Å²) in [7, 11) is 0. The molecule has 1 aromatic heterocycles. The van der Waals surface area contributed by atoms with Gasteiger partial charge >= 0.3 is 6.03 Å². The SMILES string of the molecule is C=C/C=C\c1c(C)sn(C(=O)N[C@H](C)c2cccc(C)c2)c1=O. The number of benzene rings is 1. The lowest BCUT2D eigenvalue weighted by atomic mass is 10.1. The molecule has 0 bridgehead atoms. The Morgan fingerprint density at radius 2 is 2.13 bits per heavy atom. The highest BCUT2D eigenvalue weighted by atomic mass is 32.1. The van der Waals surface area contributed by atoms with Crippen LogP contribution in [0.1, 0.15) is 34.5 Å². The van der Waals surface area contributed by atoms with Gasteiger partial charge in [-0.05, 0) is 32.4 Å². The maximum absolute atomic E-state index is 12.4. The van der Waals surface area contributed by atoms with E-state index in [1.807, 2.05) is 45.0 Å². The molecule has 1 heterocycles. The number of aromatic nitrogens is 1. The number of nitrogens with one attached hydrogen (secondary N) is 1. The van der Waals surface area contributed by atoms with Crippen molar-refractivity contribution >= 4 is 23.6 Å². The first-order valence-corrected chi connectivity index (χ1v) is 8.11. The zero-order chi connectivity index (χ0) is 17.0. The van der Waals surface area contributed by atoms with Crippen LogP contribution in [0.25, 0.3) is 6.08 Å². The van der Waals surface area contributed by atoms with Gasteiger partial charge in [-0.25, -0.2) is 4.79 Å². The molecule has 0 aliphatic rings. The fourth-order valence-corrected chi connectivity index (χ4v) is 3.09. The van der Waals surface area contributed by atoms with E-state index in [4.69, 9.17) is 0 Å². The minimum Gasteiger partial charge on any atom is -0.330 e. The van der Waals surface area contributed by atoms with Crippen LogP contribution in [0, 0.1) is 13.8 Å². The van der Waals surface area contributed by atoms with Crippen LogP contribution in [0.2, 0.25) is 0 Å². The van der Waals surface area contributed by atoms with Crippen LogP contribution in [0.5, 0.6) is 0 Å². The summed E-state index contributed by atoms with van der Waals surface area (Å²) < 4.78 is 1.16. The lowest BCUT2D eigenvalue weighted by Crippen LogP contribution is -2.35. The van der Waals surface area contributed by atoms with Crippen LogP contribution in [0.3, 0.4) is 0 Å².